The molecule has 6 heteroatoms. The lowest BCUT2D eigenvalue weighted by molar-refractivity contribution is 0.133. The van der Waals surface area contributed by atoms with E-state index in [4.69, 9.17) is 4.74 Å². The molecular formula is C22H37N3O2S. The number of ether oxygens (including phenoxy) is 1. The Labute approximate surface area is 173 Å². The lowest BCUT2D eigenvalue weighted by Crippen LogP contribution is -2.46. The van der Waals surface area contributed by atoms with Gasteiger partial charge in [0, 0.05) is 48.0 Å². The number of unbranched alkanes of at least 4 members (excludes halogenated alkanes) is 1. The van der Waals surface area contributed by atoms with Gasteiger partial charge in [-0.3, -0.25) is 9.20 Å². The highest BCUT2D eigenvalue weighted by molar-refractivity contribution is 7.85. The van der Waals surface area contributed by atoms with Gasteiger partial charge in [0.05, 0.1) is 6.61 Å². The van der Waals surface area contributed by atoms with E-state index in [1.165, 1.54) is 5.56 Å². The summed E-state index contributed by atoms with van der Waals surface area (Å²) in [5.41, 5.74) is 1.33. The molecule has 1 aromatic carbocycles. The normalized spacial score (nSPS) is 21.3. The molecule has 3 unspecified atom stereocenters. The largest absolute Gasteiger partial charge is 0.381 e. The topological polar surface area (TPSA) is 62.7 Å². The maximum absolute atomic E-state index is 12.1. The highest BCUT2D eigenvalue weighted by atomic mass is 32.2. The summed E-state index contributed by atoms with van der Waals surface area (Å²) in [5.74, 6) is 1.62. The molecule has 0 bridgehead atoms. The van der Waals surface area contributed by atoms with Crippen molar-refractivity contribution in [2.45, 2.75) is 63.2 Å². The van der Waals surface area contributed by atoms with E-state index in [1.54, 1.807) is 0 Å². The zero-order valence-electron chi connectivity index (χ0n) is 17.5. The van der Waals surface area contributed by atoms with Gasteiger partial charge in [0.25, 0.3) is 0 Å². The molecular weight excluding hydrogens is 370 g/mol. The Kier molecular flexibility index (Phi) is 11.2. The predicted molar refractivity (Wildman–Crippen MR) is 119 cm³/mol. The first-order chi connectivity index (χ1) is 13.7. The maximum Gasteiger partial charge on any atom is 0.191 e. The highest BCUT2D eigenvalue weighted by Gasteiger charge is 2.25. The van der Waals surface area contributed by atoms with E-state index < -0.39 is 10.8 Å². The molecule has 0 amide bonds. The van der Waals surface area contributed by atoms with Gasteiger partial charge in [-0.05, 0) is 44.1 Å². The minimum atomic E-state index is -0.689. The SMILES string of the molecule is CCS(=O)C1CCCC(NC(=NC)NCCCCOCCc2ccccc2)C1. The fraction of sp³-hybridized carbons (Fsp3) is 0.682. The summed E-state index contributed by atoms with van der Waals surface area (Å²) >= 11 is 0. The van der Waals surface area contributed by atoms with E-state index in [9.17, 15) is 4.21 Å². The van der Waals surface area contributed by atoms with E-state index >= 15 is 0 Å². The van der Waals surface area contributed by atoms with Crippen LogP contribution in [0.2, 0.25) is 0 Å². The summed E-state index contributed by atoms with van der Waals surface area (Å²) in [5, 5.41) is 7.25. The summed E-state index contributed by atoms with van der Waals surface area (Å²) in [6.07, 6.45) is 7.42. The van der Waals surface area contributed by atoms with E-state index in [0.717, 1.165) is 76.4 Å². The van der Waals surface area contributed by atoms with E-state index in [1.807, 2.05) is 20.0 Å². The molecule has 5 nitrogen and oxygen atoms in total. The monoisotopic (exact) mass is 407 g/mol. The first-order valence-electron chi connectivity index (χ1n) is 10.7. The summed E-state index contributed by atoms with van der Waals surface area (Å²) in [6, 6.07) is 10.8. The molecule has 2 rings (SSSR count). The van der Waals surface area contributed by atoms with Crippen molar-refractivity contribution in [2.75, 3.05) is 32.6 Å². The quantitative estimate of drug-likeness (QED) is 0.336. The molecule has 1 aliphatic carbocycles. The first kappa shape index (κ1) is 22.9. The van der Waals surface area contributed by atoms with Crippen molar-refractivity contribution in [3.05, 3.63) is 35.9 Å². The van der Waals surface area contributed by atoms with Gasteiger partial charge >= 0.3 is 0 Å². The number of hydrogen-bond acceptors (Lipinski definition) is 3. The molecule has 1 saturated carbocycles. The molecule has 0 aliphatic heterocycles. The molecule has 2 N–H and O–H groups in total. The second kappa shape index (κ2) is 13.7. The fourth-order valence-corrected chi connectivity index (χ4v) is 4.96. The third kappa shape index (κ3) is 8.74. The van der Waals surface area contributed by atoms with Crippen LogP contribution >= 0.6 is 0 Å². The van der Waals surface area contributed by atoms with Crippen LogP contribution in [-0.4, -0.2) is 54.0 Å². The molecule has 28 heavy (non-hydrogen) atoms. The summed E-state index contributed by atoms with van der Waals surface area (Å²) in [4.78, 5) is 4.34. The third-order valence-corrected chi connectivity index (χ3v) is 6.97. The van der Waals surface area contributed by atoms with Gasteiger partial charge < -0.3 is 15.4 Å². The average molecular weight is 408 g/mol. The van der Waals surface area contributed by atoms with Gasteiger partial charge in [0.15, 0.2) is 5.96 Å². The van der Waals surface area contributed by atoms with Gasteiger partial charge in [-0.25, -0.2) is 0 Å². The number of rotatable bonds is 11. The number of nitrogens with zero attached hydrogens (tertiary/aromatic N) is 1. The average Bonchev–Trinajstić information content (AvgIpc) is 2.75. The van der Waals surface area contributed by atoms with Crippen LogP contribution in [0.5, 0.6) is 0 Å². The number of benzene rings is 1. The molecule has 1 aromatic rings. The Morgan fingerprint density at radius 3 is 2.79 bits per heavy atom. The second-order valence-electron chi connectivity index (χ2n) is 7.35. The lowest BCUT2D eigenvalue weighted by Gasteiger charge is -2.30. The van der Waals surface area contributed by atoms with Crippen LogP contribution in [-0.2, 0) is 22.0 Å². The number of nitrogens with one attached hydrogen (secondary N) is 2. The van der Waals surface area contributed by atoms with Crippen molar-refractivity contribution < 1.29 is 8.95 Å². The molecule has 0 spiro atoms. The van der Waals surface area contributed by atoms with Crippen molar-refractivity contribution >= 4 is 16.8 Å². The smallest absolute Gasteiger partial charge is 0.191 e. The molecule has 3 atom stereocenters. The van der Waals surface area contributed by atoms with Gasteiger partial charge in [-0.2, -0.15) is 0 Å². The van der Waals surface area contributed by atoms with E-state index in [-0.39, 0.29) is 0 Å². The Hall–Kier alpha value is -1.40. The molecule has 0 aromatic heterocycles. The van der Waals surface area contributed by atoms with Crippen molar-refractivity contribution in [1.29, 1.82) is 0 Å². The summed E-state index contributed by atoms with van der Waals surface area (Å²) < 4.78 is 17.8. The Balaban J connectivity index is 1.53. The van der Waals surface area contributed by atoms with Crippen LogP contribution in [0, 0.1) is 0 Å². The molecule has 158 valence electrons. The third-order valence-electron chi connectivity index (χ3n) is 5.23. The maximum atomic E-state index is 12.1. The van der Waals surface area contributed by atoms with Crippen molar-refractivity contribution in [3.63, 3.8) is 0 Å². The van der Waals surface area contributed by atoms with Crippen molar-refractivity contribution in [1.82, 2.24) is 10.6 Å². The van der Waals surface area contributed by atoms with Gasteiger partial charge in [0.1, 0.15) is 0 Å². The minimum absolute atomic E-state index is 0.336. The Morgan fingerprint density at radius 2 is 2.04 bits per heavy atom. The summed E-state index contributed by atoms with van der Waals surface area (Å²) in [6.45, 7) is 4.48. The molecule has 0 saturated heterocycles. The Morgan fingerprint density at radius 1 is 1.21 bits per heavy atom. The highest BCUT2D eigenvalue weighted by Crippen LogP contribution is 2.22. The molecule has 0 heterocycles. The van der Waals surface area contributed by atoms with Crippen LogP contribution in [0.15, 0.2) is 35.3 Å². The zero-order valence-corrected chi connectivity index (χ0v) is 18.3. The standard InChI is InChI=1S/C22H37N3O2S/c1-3-28(26)21-13-9-12-20(18-21)25-22(23-2)24-15-7-8-16-27-17-14-19-10-5-4-6-11-19/h4-6,10-11,20-21H,3,7-9,12-18H2,1-2H3,(H2,23,24,25). The van der Waals surface area contributed by atoms with Gasteiger partial charge in [-0.15, -0.1) is 0 Å². The lowest BCUT2D eigenvalue weighted by atomic mass is 9.95. The molecule has 0 radical (unpaired) electrons. The van der Waals surface area contributed by atoms with Crippen LogP contribution in [0.25, 0.3) is 0 Å². The van der Waals surface area contributed by atoms with Gasteiger partial charge in [-0.1, -0.05) is 43.7 Å². The van der Waals surface area contributed by atoms with Crippen molar-refractivity contribution in [3.8, 4) is 0 Å². The molecule has 1 fully saturated rings. The Bertz CT molecular complexity index is 595. The summed E-state index contributed by atoms with van der Waals surface area (Å²) in [7, 11) is 1.12. The van der Waals surface area contributed by atoms with Crippen molar-refractivity contribution in [2.24, 2.45) is 4.99 Å². The number of hydrogen-bond donors (Lipinski definition) is 2. The predicted octanol–water partition coefficient (Wildman–Crippen LogP) is 3.27. The first-order valence-corrected chi connectivity index (χ1v) is 12.1. The number of guanidine groups is 1. The molecule has 1 aliphatic rings. The van der Waals surface area contributed by atoms with Crippen LogP contribution in [0.1, 0.15) is 51.0 Å². The van der Waals surface area contributed by atoms with Crippen LogP contribution in [0.4, 0.5) is 0 Å². The number of aliphatic imine (C=N–C) groups is 1. The zero-order chi connectivity index (χ0) is 20.0. The minimum Gasteiger partial charge on any atom is -0.381 e. The van der Waals surface area contributed by atoms with E-state index in [2.05, 4.69) is 39.9 Å². The fourth-order valence-electron chi connectivity index (χ4n) is 3.61. The van der Waals surface area contributed by atoms with Crippen LogP contribution in [0.3, 0.4) is 0 Å². The van der Waals surface area contributed by atoms with Crippen LogP contribution < -0.4 is 10.6 Å². The second-order valence-corrected chi connectivity index (χ2v) is 9.36. The van der Waals surface area contributed by atoms with Gasteiger partial charge in [0.2, 0.25) is 0 Å². The van der Waals surface area contributed by atoms with E-state index in [0.29, 0.717) is 11.3 Å².